The van der Waals surface area contributed by atoms with E-state index in [0.29, 0.717) is 25.0 Å². The number of halogens is 2. The van der Waals surface area contributed by atoms with Crippen molar-refractivity contribution in [2.75, 3.05) is 5.73 Å². The van der Waals surface area contributed by atoms with Crippen LogP contribution in [-0.2, 0) is 6.54 Å². The predicted octanol–water partition coefficient (Wildman–Crippen LogP) is 3.28. The minimum atomic E-state index is -1.13. The van der Waals surface area contributed by atoms with Gasteiger partial charge in [-0.25, -0.2) is 23.7 Å². The summed E-state index contributed by atoms with van der Waals surface area (Å²) in [5.41, 5.74) is 5.55. The maximum atomic E-state index is 14.3. The van der Waals surface area contributed by atoms with Crippen LogP contribution in [0.4, 0.5) is 14.6 Å². The second-order valence-corrected chi connectivity index (χ2v) is 6.40. The van der Waals surface area contributed by atoms with E-state index in [2.05, 4.69) is 26.8 Å². The number of fused-ring (bicyclic) bond motifs is 1. The fourth-order valence-electron chi connectivity index (χ4n) is 2.85. The third kappa shape index (κ3) is 3.53. The van der Waals surface area contributed by atoms with E-state index in [1.165, 1.54) is 0 Å². The smallest absolute Gasteiger partial charge is 0.209 e. The van der Waals surface area contributed by atoms with Gasteiger partial charge >= 0.3 is 0 Å². The molecule has 1 aromatic carbocycles. The first-order valence-corrected chi connectivity index (χ1v) is 9.06. The van der Waals surface area contributed by atoms with Crippen molar-refractivity contribution >= 4 is 17.0 Å². The number of hydrogen-bond acceptors (Lipinski definition) is 5. The molecule has 6 nitrogen and oxygen atoms in total. The third-order valence-electron chi connectivity index (χ3n) is 4.68. The molecule has 0 atom stereocenters. The van der Waals surface area contributed by atoms with Crippen LogP contribution in [0.25, 0.3) is 22.6 Å². The highest BCUT2D eigenvalue weighted by Gasteiger charge is 2.21. The van der Waals surface area contributed by atoms with Crippen molar-refractivity contribution in [2.45, 2.75) is 45.8 Å². The first-order chi connectivity index (χ1) is 13.3. The molecule has 0 aliphatic heterocycles. The van der Waals surface area contributed by atoms with Gasteiger partial charge in [0.1, 0.15) is 23.1 Å². The van der Waals surface area contributed by atoms with Crippen LogP contribution in [0.3, 0.4) is 0 Å². The maximum absolute atomic E-state index is 14.3. The van der Waals surface area contributed by atoms with Gasteiger partial charge in [0.25, 0.3) is 0 Å². The van der Waals surface area contributed by atoms with Crippen LogP contribution >= 0.6 is 0 Å². The summed E-state index contributed by atoms with van der Waals surface area (Å²) in [6.45, 7) is 5.91. The van der Waals surface area contributed by atoms with Crippen molar-refractivity contribution < 1.29 is 13.9 Å². The lowest BCUT2D eigenvalue weighted by molar-refractivity contribution is 0.0931. The van der Waals surface area contributed by atoms with Gasteiger partial charge in [0, 0.05) is 6.54 Å². The Kier molecular flexibility index (Phi) is 5.29. The summed E-state index contributed by atoms with van der Waals surface area (Å²) < 4.78 is 29.5. The Morgan fingerprint density at radius 3 is 2.50 bits per heavy atom. The van der Waals surface area contributed by atoms with Crippen LogP contribution in [0.1, 0.15) is 39.4 Å². The molecule has 8 heteroatoms. The van der Waals surface area contributed by atoms with Crippen LogP contribution in [0.2, 0.25) is 0 Å². The summed E-state index contributed by atoms with van der Waals surface area (Å²) in [7, 11) is 0. The van der Waals surface area contributed by atoms with Gasteiger partial charge in [-0.3, -0.25) is 0 Å². The van der Waals surface area contributed by atoms with Crippen LogP contribution in [0.15, 0.2) is 18.2 Å². The van der Waals surface area contributed by atoms with Crippen molar-refractivity contribution in [1.82, 2.24) is 19.5 Å². The summed E-state index contributed by atoms with van der Waals surface area (Å²) in [4.78, 5) is 12.9. The molecule has 0 radical (unpaired) electrons. The van der Waals surface area contributed by atoms with Crippen molar-refractivity contribution in [3.63, 3.8) is 0 Å². The molecule has 0 aliphatic rings. The van der Waals surface area contributed by atoms with Crippen LogP contribution in [-0.4, -0.2) is 30.2 Å². The highest BCUT2D eigenvalue weighted by Crippen LogP contribution is 2.28. The number of hydrogen-bond donors (Lipinski definition) is 2. The van der Waals surface area contributed by atoms with Gasteiger partial charge in [0.05, 0.1) is 5.56 Å². The fourth-order valence-corrected chi connectivity index (χ4v) is 2.85. The molecule has 0 unspecified atom stereocenters. The molecule has 0 saturated heterocycles. The summed E-state index contributed by atoms with van der Waals surface area (Å²) >= 11 is 0. The number of nitrogens with two attached hydrogens (primary N) is 1. The molecular weight excluding hydrogens is 364 g/mol. The van der Waals surface area contributed by atoms with Crippen molar-refractivity contribution in [3.8, 4) is 23.2 Å². The molecule has 3 rings (SSSR count). The molecule has 28 heavy (non-hydrogen) atoms. The molecule has 3 N–H and O–H groups in total. The molecule has 3 aromatic rings. The maximum Gasteiger partial charge on any atom is 0.209 e. The second kappa shape index (κ2) is 7.52. The highest BCUT2D eigenvalue weighted by atomic mass is 19.1. The summed E-state index contributed by atoms with van der Waals surface area (Å²) in [5.74, 6) is 4.79. The Balaban J connectivity index is 2.20. The van der Waals surface area contributed by atoms with Gasteiger partial charge in [-0.2, -0.15) is 0 Å². The fraction of sp³-hybridized carbons (Fsp3) is 0.350. The van der Waals surface area contributed by atoms with E-state index < -0.39 is 17.2 Å². The number of aromatic nitrogens is 4. The van der Waals surface area contributed by atoms with Gasteiger partial charge in [0.15, 0.2) is 17.0 Å². The Hall–Kier alpha value is -3.05. The van der Waals surface area contributed by atoms with E-state index in [1.54, 1.807) is 4.57 Å². The number of benzene rings is 1. The van der Waals surface area contributed by atoms with Gasteiger partial charge in [-0.05, 0) is 43.9 Å². The number of aliphatic hydroxyl groups is 1. The SMILES string of the molecule is CCn1c(-c2cc(F)ccc2F)nc2c(N)nc(C#CC(O)(CC)CC)nc21. The highest BCUT2D eigenvalue weighted by molar-refractivity contribution is 5.86. The molecule has 0 aliphatic carbocycles. The van der Waals surface area contributed by atoms with Gasteiger partial charge < -0.3 is 15.4 Å². The molecule has 0 amide bonds. The van der Waals surface area contributed by atoms with Crippen molar-refractivity contribution in [2.24, 2.45) is 0 Å². The number of anilines is 1. The van der Waals surface area contributed by atoms with E-state index >= 15 is 0 Å². The van der Waals surface area contributed by atoms with E-state index in [-0.39, 0.29) is 28.5 Å². The first-order valence-electron chi connectivity index (χ1n) is 9.06. The summed E-state index contributed by atoms with van der Waals surface area (Å²) in [6, 6.07) is 3.17. The molecular formula is C20H21F2N5O. The van der Waals surface area contributed by atoms with Gasteiger partial charge in [0.2, 0.25) is 5.82 Å². The minimum absolute atomic E-state index is 0.0122. The molecule has 0 fully saturated rings. The van der Waals surface area contributed by atoms with Gasteiger partial charge in [-0.1, -0.05) is 19.8 Å². The zero-order chi connectivity index (χ0) is 20.5. The minimum Gasteiger partial charge on any atom is -0.382 e. The molecule has 0 saturated carbocycles. The number of nitrogens with zero attached hydrogens (tertiary/aromatic N) is 4. The quantitative estimate of drug-likeness (QED) is 0.673. The third-order valence-corrected chi connectivity index (χ3v) is 4.68. The van der Waals surface area contributed by atoms with E-state index in [0.717, 1.165) is 18.2 Å². The molecule has 2 aromatic heterocycles. The largest absolute Gasteiger partial charge is 0.382 e. The standard InChI is InChI=1S/C20H21F2N5O/c1-4-20(28,5-2)10-9-15-24-17(23)16-19(25-15)27(6-3)18(26-16)13-11-12(21)7-8-14(13)22/h7-8,11,28H,4-6H2,1-3H3,(H2,23,24,25). The Morgan fingerprint density at radius 1 is 1.14 bits per heavy atom. The zero-order valence-electron chi connectivity index (χ0n) is 15.9. The Bertz CT molecular complexity index is 1090. The first kappa shape index (κ1) is 19.7. The van der Waals surface area contributed by atoms with Gasteiger partial charge in [-0.15, -0.1) is 0 Å². The number of aryl methyl sites for hydroxylation is 1. The average molecular weight is 385 g/mol. The van der Waals surface area contributed by atoms with E-state index in [9.17, 15) is 13.9 Å². The van der Waals surface area contributed by atoms with E-state index in [4.69, 9.17) is 5.73 Å². The normalized spacial score (nSPS) is 11.5. The van der Waals surface area contributed by atoms with Crippen LogP contribution < -0.4 is 5.73 Å². The lowest BCUT2D eigenvalue weighted by Gasteiger charge is -2.16. The monoisotopic (exact) mass is 385 g/mol. The molecule has 146 valence electrons. The molecule has 2 heterocycles. The number of imidazole rings is 1. The van der Waals surface area contributed by atoms with Crippen molar-refractivity contribution in [1.29, 1.82) is 0 Å². The second-order valence-electron chi connectivity index (χ2n) is 6.40. The Labute approximate surface area is 161 Å². The zero-order valence-corrected chi connectivity index (χ0v) is 15.9. The van der Waals surface area contributed by atoms with Crippen LogP contribution in [0, 0.1) is 23.5 Å². The molecule has 0 bridgehead atoms. The Morgan fingerprint density at radius 2 is 1.86 bits per heavy atom. The number of rotatable bonds is 4. The van der Waals surface area contributed by atoms with Crippen molar-refractivity contribution in [3.05, 3.63) is 35.7 Å². The molecule has 0 spiro atoms. The van der Waals surface area contributed by atoms with Crippen LogP contribution in [0.5, 0.6) is 0 Å². The average Bonchev–Trinajstić information content (AvgIpc) is 3.07. The lowest BCUT2D eigenvalue weighted by atomic mass is 9.98. The number of nitrogen functional groups attached to an aromatic ring is 1. The lowest BCUT2D eigenvalue weighted by Crippen LogP contribution is -2.23. The summed E-state index contributed by atoms with van der Waals surface area (Å²) in [6.07, 6.45) is 0.925. The predicted molar refractivity (Wildman–Crippen MR) is 103 cm³/mol. The topological polar surface area (TPSA) is 89.9 Å². The summed E-state index contributed by atoms with van der Waals surface area (Å²) in [5, 5.41) is 10.3. The van der Waals surface area contributed by atoms with E-state index in [1.807, 2.05) is 20.8 Å².